The van der Waals surface area contributed by atoms with Crippen molar-refractivity contribution < 1.29 is 23.6 Å². The molecule has 1 aliphatic rings. The number of benzene rings is 1. The minimum atomic E-state index is -0.528. The molecule has 0 aliphatic carbocycles. The molecule has 2 aromatic rings. The zero-order chi connectivity index (χ0) is 19.2. The van der Waals surface area contributed by atoms with E-state index in [2.05, 4.69) is 5.16 Å². The van der Waals surface area contributed by atoms with Crippen molar-refractivity contribution in [3.05, 3.63) is 53.4 Å². The van der Waals surface area contributed by atoms with Crippen LogP contribution in [-0.4, -0.2) is 41.3 Å². The van der Waals surface area contributed by atoms with Crippen molar-refractivity contribution in [2.75, 3.05) is 13.2 Å². The maximum Gasteiger partial charge on any atom is 0.410 e. The van der Waals surface area contributed by atoms with E-state index in [4.69, 9.17) is 14.0 Å². The Bertz CT molecular complexity index is 774. The fourth-order valence-electron chi connectivity index (χ4n) is 3.18. The minimum absolute atomic E-state index is 0.00241. The zero-order valence-corrected chi connectivity index (χ0v) is 15.6. The summed E-state index contributed by atoms with van der Waals surface area (Å²) in [6.07, 6.45) is 1.34. The first-order valence-electron chi connectivity index (χ1n) is 9.19. The lowest BCUT2D eigenvalue weighted by Crippen LogP contribution is -2.45. The molecule has 7 heteroatoms. The van der Waals surface area contributed by atoms with Crippen LogP contribution in [0.2, 0.25) is 0 Å². The van der Waals surface area contributed by atoms with Crippen molar-refractivity contribution in [3.63, 3.8) is 0 Å². The largest absolute Gasteiger partial charge is 0.460 e. The number of ether oxygens (including phenoxy) is 2. The van der Waals surface area contributed by atoms with Gasteiger partial charge in [-0.1, -0.05) is 35.5 Å². The van der Waals surface area contributed by atoms with E-state index in [9.17, 15) is 9.59 Å². The van der Waals surface area contributed by atoms with Gasteiger partial charge in [0.1, 0.15) is 6.61 Å². The van der Waals surface area contributed by atoms with Crippen LogP contribution in [0.1, 0.15) is 54.4 Å². The molecule has 0 saturated carbocycles. The second-order valence-corrected chi connectivity index (χ2v) is 6.65. The minimum Gasteiger partial charge on any atom is -0.460 e. The highest BCUT2D eigenvalue weighted by atomic mass is 16.6. The van der Waals surface area contributed by atoms with Crippen LogP contribution in [0.3, 0.4) is 0 Å². The van der Waals surface area contributed by atoms with Crippen LogP contribution < -0.4 is 0 Å². The summed E-state index contributed by atoms with van der Waals surface area (Å²) in [5.41, 5.74) is 1.61. The summed E-state index contributed by atoms with van der Waals surface area (Å²) >= 11 is 0. The van der Waals surface area contributed by atoms with Gasteiger partial charge in [0.2, 0.25) is 5.76 Å². The molecule has 1 aromatic carbocycles. The third kappa shape index (κ3) is 4.67. The van der Waals surface area contributed by atoms with Gasteiger partial charge < -0.3 is 18.9 Å². The van der Waals surface area contributed by atoms with Crippen LogP contribution in [0.5, 0.6) is 0 Å². The van der Waals surface area contributed by atoms with Gasteiger partial charge in [0.15, 0.2) is 0 Å². The molecule has 0 N–H and O–H groups in total. The second-order valence-electron chi connectivity index (χ2n) is 6.65. The van der Waals surface area contributed by atoms with E-state index in [1.165, 1.54) is 0 Å². The average molecular weight is 372 g/mol. The Morgan fingerprint density at radius 3 is 2.74 bits per heavy atom. The van der Waals surface area contributed by atoms with Crippen LogP contribution in [-0.2, 0) is 16.1 Å². The molecule has 2 atom stereocenters. The fourth-order valence-corrected chi connectivity index (χ4v) is 3.18. The van der Waals surface area contributed by atoms with Gasteiger partial charge in [-0.05, 0) is 32.3 Å². The number of hydrogen-bond acceptors (Lipinski definition) is 6. The van der Waals surface area contributed by atoms with Crippen molar-refractivity contribution in [1.29, 1.82) is 0 Å². The van der Waals surface area contributed by atoms with Gasteiger partial charge in [-0.15, -0.1) is 0 Å². The summed E-state index contributed by atoms with van der Waals surface area (Å²) in [6.45, 7) is 4.73. The summed E-state index contributed by atoms with van der Waals surface area (Å²) in [4.78, 5) is 26.0. The Labute approximate surface area is 158 Å². The molecular formula is C20H24N2O5. The van der Waals surface area contributed by atoms with Gasteiger partial charge in [0.05, 0.1) is 12.3 Å². The number of amides is 1. The van der Waals surface area contributed by atoms with Gasteiger partial charge in [0.25, 0.3) is 0 Å². The monoisotopic (exact) mass is 372 g/mol. The van der Waals surface area contributed by atoms with Crippen LogP contribution in [0.4, 0.5) is 4.79 Å². The molecule has 27 heavy (non-hydrogen) atoms. The summed E-state index contributed by atoms with van der Waals surface area (Å²) in [6, 6.07) is 11.3. The predicted octanol–water partition coefficient (Wildman–Crippen LogP) is 3.76. The lowest BCUT2D eigenvalue weighted by molar-refractivity contribution is 0.0479. The van der Waals surface area contributed by atoms with Gasteiger partial charge in [-0.2, -0.15) is 0 Å². The summed E-state index contributed by atoms with van der Waals surface area (Å²) in [5.74, 6) is -0.444. The predicted molar refractivity (Wildman–Crippen MR) is 97.2 cm³/mol. The van der Waals surface area contributed by atoms with E-state index in [1.807, 2.05) is 37.3 Å². The Balaban J connectivity index is 1.62. The van der Waals surface area contributed by atoms with Gasteiger partial charge in [-0.25, -0.2) is 9.59 Å². The molecule has 0 bridgehead atoms. The van der Waals surface area contributed by atoms with Crippen LogP contribution >= 0.6 is 0 Å². The topological polar surface area (TPSA) is 81.9 Å². The maximum absolute atomic E-state index is 12.5. The third-order valence-corrected chi connectivity index (χ3v) is 4.74. The molecule has 1 aromatic heterocycles. The molecule has 0 spiro atoms. The van der Waals surface area contributed by atoms with E-state index in [0.29, 0.717) is 12.2 Å². The molecule has 0 radical (unpaired) electrons. The van der Waals surface area contributed by atoms with E-state index in [0.717, 1.165) is 18.4 Å². The zero-order valence-electron chi connectivity index (χ0n) is 15.6. The molecule has 0 unspecified atom stereocenters. The lowest BCUT2D eigenvalue weighted by atomic mass is 9.91. The summed E-state index contributed by atoms with van der Waals surface area (Å²) in [5, 5.41) is 4.00. The molecule has 2 heterocycles. The van der Waals surface area contributed by atoms with Crippen molar-refractivity contribution in [3.8, 4) is 0 Å². The Morgan fingerprint density at radius 1 is 1.22 bits per heavy atom. The van der Waals surface area contributed by atoms with E-state index in [-0.39, 0.29) is 37.0 Å². The number of aromatic nitrogens is 1. The molecule has 1 fully saturated rings. The van der Waals surface area contributed by atoms with E-state index in [1.54, 1.807) is 17.9 Å². The van der Waals surface area contributed by atoms with Gasteiger partial charge >= 0.3 is 12.1 Å². The first-order chi connectivity index (χ1) is 13.1. The number of nitrogens with zero attached hydrogens (tertiary/aromatic N) is 2. The number of likely N-dealkylation sites (tertiary alicyclic amines) is 1. The van der Waals surface area contributed by atoms with Crippen LogP contribution in [0, 0.1) is 0 Å². The number of carbonyl (C=O) groups excluding carboxylic acids is 2. The number of carbonyl (C=O) groups is 2. The second kappa shape index (κ2) is 8.70. The lowest BCUT2D eigenvalue weighted by Gasteiger charge is -2.36. The van der Waals surface area contributed by atoms with Crippen molar-refractivity contribution >= 4 is 12.1 Å². The molecule has 7 nitrogen and oxygen atoms in total. The highest BCUT2D eigenvalue weighted by Crippen LogP contribution is 2.30. The van der Waals surface area contributed by atoms with Gasteiger partial charge in [-0.3, -0.25) is 0 Å². The first-order valence-corrected chi connectivity index (χ1v) is 9.19. The van der Waals surface area contributed by atoms with E-state index < -0.39 is 5.97 Å². The molecule has 1 aliphatic heterocycles. The molecule has 3 rings (SSSR count). The SMILES string of the molecule is CCOC(=O)c1cc([C@@H]2CC[C@@H](C)N(C(=O)OCc3ccccc3)C2)no1. The smallest absolute Gasteiger partial charge is 0.410 e. The Morgan fingerprint density at radius 2 is 2.00 bits per heavy atom. The summed E-state index contributed by atoms with van der Waals surface area (Å²) < 4.78 is 15.5. The molecule has 1 saturated heterocycles. The van der Waals surface area contributed by atoms with Crippen molar-refractivity contribution in [1.82, 2.24) is 10.1 Å². The highest BCUT2D eigenvalue weighted by molar-refractivity contribution is 5.86. The summed E-state index contributed by atoms with van der Waals surface area (Å²) in [7, 11) is 0. The molecule has 144 valence electrons. The van der Waals surface area contributed by atoms with Gasteiger partial charge in [0, 0.05) is 24.6 Å². The standard InChI is InChI=1S/C20H24N2O5/c1-3-25-19(23)18-11-17(21-27-18)16-10-9-14(2)22(12-16)20(24)26-13-15-7-5-4-6-8-15/h4-8,11,14,16H,3,9-10,12-13H2,1-2H3/t14-,16-/m1/s1. The average Bonchev–Trinajstić information content (AvgIpc) is 3.18. The number of esters is 1. The fraction of sp³-hybridized carbons (Fsp3) is 0.450. The molecular weight excluding hydrogens is 348 g/mol. The number of piperidine rings is 1. The number of hydrogen-bond donors (Lipinski definition) is 0. The quantitative estimate of drug-likeness (QED) is 0.744. The Hall–Kier alpha value is -2.83. The third-order valence-electron chi connectivity index (χ3n) is 4.74. The highest BCUT2D eigenvalue weighted by Gasteiger charge is 2.32. The normalized spacial score (nSPS) is 19.6. The maximum atomic E-state index is 12.5. The molecule has 1 amide bonds. The van der Waals surface area contributed by atoms with Crippen LogP contribution in [0.15, 0.2) is 40.9 Å². The van der Waals surface area contributed by atoms with Crippen LogP contribution in [0.25, 0.3) is 0 Å². The van der Waals surface area contributed by atoms with Crippen molar-refractivity contribution in [2.24, 2.45) is 0 Å². The number of rotatable bonds is 5. The van der Waals surface area contributed by atoms with E-state index >= 15 is 0 Å². The first kappa shape index (κ1) is 18.9. The Kier molecular flexibility index (Phi) is 6.11. The van der Waals surface area contributed by atoms with Crippen molar-refractivity contribution in [2.45, 2.75) is 45.3 Å².